The standard InChI is InChI=1S/C29H47NO/c1-5-22(21(2)30(4)25-11-7-6-8-12-25)14-15-23-10-9-13-28-26(23)17-16-24-20-29(3,31)19-18-27(24)28/h6-8,11-12,21-24,26-28,31H,5,9-10,13-20H2,1-4H3/t21-,22-,23+,24-,26+,27+,28+,29-/m1/s1. The minimum Gasteiger partial charge on any atom is -0.390 e. The number of aliphatic hydroxyl groups is 1. The zero-order valence-electron chi connectivity index (χ0n) is 20.6. The van der Waals surface area contributed by atoms with Gasteiger partial charge in [-0.3, -0.25) is 0 Å². The number of fused-ring (bicyclic) bond motifs is 3. The lowest BCUT2D eigenvalue weighted by Crippen LogP contribution is -2.46. The number of benzene rings is 1. The molecule has 2 heteroatoms. The molecule has 3 fully saturated rings. The number of para-hydroxylation sites is 1. The summed E-state index contributed by atoms with van der Waals surface area (Å²) in [5.41, 5.74) is 0.954. The first-order valence-electron chi connectivity index (χ1n) is 13.4. The fourth-order valence-corrected chi connectivity index (χ4v) is 7.98. The van der Waals surface area contributed by atoms with Gasteiger partial charge in [-0.25, -0.2) is 0 Å². The van der Waals surface area contributed by atoms with E-state index < -0.39 is 5.60 Å². The van der Waals surface area contributed by atoms with E-state index in [9.17, 15) is 5.11 Å². The predicted octanol–water partition coefficient (Wildman–Crippen LogP) is 7.31. The van der Waals surface area contributed by atoms with Crippen LogP contribution in [0.25, 0.3) is 0 Å². The highest BCUT2D eigenvalue weighted by Crippen LogP contribution is 2.55. The second-order valence-electron chi connectivity index (χ2n) is 11.7. The zero-order valence-corrected chi connectivity index (χ0v) is 20.6. The van der Waals surface area contributed by atoms with Crippen molar-refractivity contribution in [3.8, 4) is 0 Å². The Morgan fingerprint density at radius 1 is 1.03 bits per heavy atom. The van der Waals surface area contributed by atoms with Crippen molar-refractivity contribution < 1.29 is 5.11 Å². The Morgan fingerprint density at radius 3 is 2.55 bits per heavy atom. The van der Waals surface area contributed by atoms with Crippen LogP contribution >= 0.6 is 0 Å². The molecule has 0 saturated heterocycles. The molecule has 3 aliphatic rings. The van der Waals surface area contributed by atoms with Crippen LogP contribution < -0.4 is 4.90 Å². The number of rotatable bonds is 7. The molecule has 1 N–H and O–H groups in total. The van der Waals surface area contributed by atoms with Gasteiger partial charge in [-0.1, -0.05) is 44.4 Å². The van der Waals surface area contributed by atoms with Crippen molar-refractivity contribution in [2.75, 3.05) is 11.9 Å². The van der Waals surface area contributed by atoms with Gasteiger partial charge < -0.3 is 10.0 Å². The second-order valence-corrected chi connectivity index (χ2v) is 11.7. The van der Waals surface area contributed by atoms with Crippen LogP contribution in [0.4, 0.5) is 5.69 Å². The van der Waals surface area contributed by atoms with Gasteiger partial charge in [0.1, 0.15) is 0 Å². The highest BCUT2D eigenvalue weighted by molar-refractivity contribution is 5.46. The fraction of sp³-hybridized carbons (Fsp3) is 0.793. The van der Waals surface area contributed by atoms with Gasteiger partial charge in [0.2, 0.25) is 0 Å². The topological polar surface area (TPSA) is 23.5 Å². The third-order valence-corrected chi connectivity index (χ3v) is 9.90. The van der Waals surface area contributed by atoms with Crippen LogP contribution in [-0.4, -0.2) is 23.8 Å². The number of nitrogens with zero attached hydrogens (tertiary/aromatic N) is 1. The monoisotopic (exact) mass is 425 g/mol. The highest BCUT2D eigenvalue weighted by atomic mass is 16.3. The first kappa shape index (κ1) is 23.1. The van der Waals surface area contributed by atoms with E-state index >= 15 is 0 Å². The first-order chi connectivity index (χ1) is 14.9. The summed E-state index contributed by atoms with van der Waals surface area (Å²) in [6.07, 6.45) is 14.7. The van der Waals surface area contributed by atoms with Crippen molar-refractivity contribution >= 4 is 5.69 Å². The van der Waals surface area contributed by atoms with E-state index in [1.54, 1.807) is 0 Å². The molecule has 0 aliphatic heterocycles. The van der Waals surface area contributed by atoms with Crippen LogP contribution in [0.15, 0.2) is 30.3 Å². The van der Waals surface area contributed by atoms with Gasteiger partial charge >= 0.3 is 0 Å². The molecule has 3 aliphatic carbocycles. The maximum absolute atomic E-state index is 10.6. The average molecular weight is 426 g/mol. The molecule has 1 aromatic carbocycles. The summed E-state index contributed by atoms with van der Waals surface area (Å²) in [5.74, 6) is 5.35. The predicted molar refractivity (Wildman–Crippen MR) is 132 cm³/mol. The SMILES string of the molecule is CC[C@H](CC[C@@H]1CCC[C@H]2[C@H]1CC[C@@H]1C[C@](C)(O)CC[C@@H]12)[C@@H](C)N(C)c1ccccc1. The summed E-state index contributed by atoms with van der Waals surface area (Å²) in [6.45, 7) is 6.91. The molecular weight excluding hydrogens is 378 g/mol. The Balaban J connectivity index is 1.36. The lowest BCUT2D eigenvalue weighted by atomic mass is 9.53. The van der Waals surface area contributed by atoms with E-state index in [-0.39, 0.29) is 0 Å². The Kier molecular flexibility index (Phi) is 7.36. The van der Waals surface area contributed by atoms with Gasteiger partial charge in [-0.2, -0.15) is 0 Å². The third kappa shape index (κ3) is 5.15. The van der Waals surface area contributed by atoms with Crippen molar-refractivity contribution in [2.24, 2.45) is 35.5 Å². The maximum Gasteiger partial charge on any atom is 0.0622 e. The molecule has 0 aromatic heterocycles. The summed E-state index contributed by atoms with van der Waals surface area (Å²) in [7, 11) is 2.28. The largest absolute Gasteiger partial charge is 0.390 e. The fourth-order valence-electron chi connectivity index (χ4n) is 7.98. The molecule has 8 atom stereocenters. The number of hydrogen-bond acceptors (Lipinski definition) is 2. The molecule has 0 spiro atoms. The van der Waals surface area contributed by atoms with Gasteiger partial charge in [0.15, 0.2) is 0 Å². The van der Waals surface area contributed by atoms with E-state index in [4.69, 9.17) is 0 Å². The van der Waals surface area contributed by atoms with Crippen LogP contribution in [0.2, 0.25) is 0 Å². The molecule has 0 radical (unpaired) electrons. The molecule has 1 aromatic rings. The van der Waals surface area contributed by atoms with E-state index in [0.717, 1.165) is 48.3 Å². The summed E-state index contributed by atoms with van der Waals surface area (Å²) in [4.78, 5) is 2.50. The maximum atomic E-state index is 10.6. The van der Waals surface area contributed by atoms with Crippen molar-refractivity contribution in [3.05, 3.63) is 30.3 Å². The van der Waals surface area contributed by atoms with Crippen LogP contribution in [0, 0.1) is 35.5 Å². The molecule has 0 bridgehead atoms. The third-order valence-electron chi connectivity index (χ3n) is 9.90. The molecule has 0 amide bonds. The van der Waals surface area contributed by atoms with Crippen LogP contribution in [0.3, 0.4) is 0 Å². The van der Waals surface area contributed by atoms with Crippen molar-refractivity contribution in [3.63, 3.8) is 0 Å². The summed E-state index contributed by atoms with van der Waals surface area (Å²) >= 11 is 0. The van der Waals surface area contributed by atoms with Crippen LogP contribution in [0.1, 0.15) is 91.4 Å². The molecule has 4 rings (SSSR count). The number of anilines is 1. The molecule has 2 nitrogen and oxygen atoms in total. The van der Waals surface area contributed by atoms with E-state index in [1.165, 1.54) is 63.5 Å². The minimum absolute atomic E-state index is 0.392. The highest BCUT2D eigenvalue weighted by Gasteiger charge is 2.47. The quantitative estimate of drug-likeness (QED) is 0.495. The Hall–Kier alpha value is -1.02. The first-order valence-corrected chi connectivity index (χ1v) is 13.4. The van der Waals surface area contributed by atoms with Gasteiger partial charge in [-0.05, 0) is 113 Å². The smallest absolute Gasteiger partial charge is 0.0622 e. The van der Waals surface area contributed by atoms with E-state index in [2.05, 4.69) is 63.1 Å². The second kappa shape index (κ2) is 9.86. The normalized spacial score (nSPS) is 37.4. The van der Waals surface area contributed by atoms with Crippen LogP contribution in [-0.2, 0) is 0 Å². The zero-order chi connectivity index (χ0) is 22.0. The van der Waals surface area contributed by atoms with Crippen LogP contribution in [0.5, 0.6) is 0 Å². The summed E-state index contributed by atoms with van der Waals surface area (Å²) < 4.78 is 0. The Labute approximate surface area is 191 Å². The number of hydrogen-bond donors (Lipinski definition) is 1. The molecular formula is C29H47NO. The summed E-state index contributed by atoms with van der Waals surface area (Å²) in [5, 5.41) is 10.6. The van der Waals surface area contributed by atoms with Crippen molar-refractivity contribution in [1.29, 1.82) is 0 Å². The van der Waals surface area contributed by atoms with Gasteiger partial charge in [0, 0.05) is 18.8 Å². The molecule has 3 saturated carbocycles. The molecule has 0 heterocycles. The molecule has 174 valence electrons. The van der Waals surface area contributed by atoms with Gasteiger partial charge in [-0.15, -0.1) is 0 Å². The van der Waals surface area contributed by atoms with E-state index in [0.29, 0.717) is 6.04 Å². The van der Waals surface area contributed by atoms with Gasteiger partial charge in [0.05, 0.1) is 5.60 Å². The minimum atomic E-state index is -0.392. The summed E-state index contributed by atoms with van der Waals surface area (Å²) in [6, 6.07) is 11.5. The Morgan fingerprint density at radius 2 is 1.81 bits per heavy atom. The van der Waals surface area contributed by atoms with E-state index in [1.807, 2.05) is 0 Å². The van der Waals surface area contributed by atoms with Crippen molar-refractivity contribution in [1.82, 2.24) is 0 Å². The van der Waals surface area contributed by atoms with Gasteiger partial charge in [0.25, 0.3) is 0 Å². The lowest BCUT2D eigenvalue weighted by molar-refractivity contribution is -0.0769. The average Bonchev–Trinajstić information content (AvgIpc) is 2.78. The Bertz CT molecular complexity index is 685. The molecule has 31 heavy (non-hydrogen) atoms. The lowest BCUT2D eigenvalue weighted by Gasteiger charge is -2.53. The molecule has 0 unspecified atom stereocenters. The van der Waals surface area contributed by atoms with Crippen molar-refractivity contribution in [2.45, 2.75) is 103 Å².